The Morgan fingerprint density at radius 2 is 1.72 bits per heavy atom. The first-order chi connectivity index (χ1) is 17.7. The predicted octanol–water partition coefficient (Wildman–Crippen LogP) is 2.50. The maximum Gasteiger partial charge on any atom is 0.333 e. The van der Waals surface area contributed by atoms with Crippen molar-refractivity contribution in [3.8, 4) is 0 Å². The zero-order valence-corrected chi connectivity index (χ0v) is 20.4. The van der Waals surface area contributed by atoms with Crippen molar-refractivity contribution in [3.63, 3.8) is 0 Å². The molecule has 2 aromatic carbocycles. The van der Waals surface area contributed by atoms with Crippen LogP contribution in [-0.2, 0) is 43.7 Å². The number of urea groups is 1. The van der Waals surface area contributed by atoms with Crippen LogP contribution in [0.25, 0.3) is 0 Å². The SMILES string of the molecule is O=C(NCCc1nnc2n1CCCCC2)NNC(=O)C1Cc2ccccc2CN1Cc1ccccc1. The average molecular weight is 488 g/mol. The average Bonchev–Trinajstić information content (AvgIpc) is 3.12. The van der Waals surface area contributed by atoms with Crippen LogP contribution in [0, 0.1) is 0 Å². The Bertz CT molecular complexity index is 1190. The standard InChI is InChI=1S/C27H33N7O2/c35-26(31-32-27(36)28-15-14-25-30-29-24-13-5-2-8-16-34(24)25)23-17-21-11-6-7-12-22(21)19-33(23)18-20-9-3-1-4-10-20/h1,3-4,6-7,9-12,23H,2,5,8,13-19H2,(H,31,35)(H2,28,32,36). The van der Waals surface area contributed by atoms with Gasteiger partial charge in [-0.15, -0.1) is 10.2 Å². The van der Waals surface area contributed by atoms with E-state index >= 15 is 0 Å². The van der Waals surface area contributed by atoms with Gasteiger partial charge in [0.25, 0.3) is 5.91 Å². The molecule has 9 nitrogen and oxygen atoms in total. The third-order valence-electron chi connectivity index (χ3n) is 7.00. The van der Waals surface area contributed by atoms with Gasteiger partial charge in [0.2, 0.25) is 0 Å². The number of hydrogen-bond donors (Lipinski definition) is 3. The third kappa shape index (κ3) is 5.73. The second-order valence-corrected chi connectivity index (χ2v) is 9.49. The molecule has 9 heteroatoms. The van der Waals surface area contributed by atoms with Gasteiger partial charge >= 0.3 is 6.03 Å². The van der Waals surface area contributed by atoms with E-state index in [-0.39, 0.29) is 11.9 Å². The molecule has 0 spiro atoms. The number of carbonyl (C=O) groups excluding carboxylic acids is 2. The molecule has 188 valence electrons. The second kappa shape index (κ2) is 11.3. The number of hydrogen-bond acceptors (Lipinski definition) is 5. The molecular formula is C27H33N7O2. The van der Waals surface area contributed by atoms with E-state index in [9.17, 15) is 9.59 Å². The number of nitrogens with zero attached hydrogens (tertiary/aromatic N) is 4. The Morgan fingerprint density at radius 1 is 0.917 bits per heavy atom. The molecule has 0 bridgehead atoms. The number of carbonyl (C=O) groups is 2. The van der Waals surface area contributed by atoms with Crippen molar-refractivity contribution in [1.29, 1.82) is 0 Å². The van der Waals surface area contributed by atoms with E-state index in [1.165, 1.54) is 17.5 Å². The molecule has 0 fully saturated rings. The Balaban J connectivity index is 1.14. The van der Waals surface area contributed by atoms with Crippen molar-refractivity contribution in [3.05, 3.63) is 82.9 Å². The highest BCUT2D eigenvalue weighted by Crippen LogP contribution is 2.25. The van der Waals surface area contributed by atoms with E-state index in [0.717, 1.165) is 43.0 Å². The lowest BCUT2D eigenvalue weighted by molar-refractivity contribution is -0.128. The summed E-state index contributed by atoms with van der Waals surface area (Å²) in [6.07, 6.45) is 5.63. The second-order valence-electron chi connectivity index (χ2n) is 9.49. The summed E-state index contributed by atoms with van der Waals surface area (Å²) >= 11 is 0. The number of fused-ring (bicyclic) bond motifs is 2. The highest BCUT2D eigenvalue weighted by atomic mass is 16.2. The number of benzene rings is 2. The zero-order chi connectivity index (χ0) is 24.7. The van der Waals surface area contributed by atoms with E-state index < -0.39 is 6.03 Å². The molecule has 3 aromatic rings. The van der Waals surface area contributed by atoms with Gasteiger partial charge in [-0.1, -0.05) is 61.0 Å². The van der Waals surface area contributed by atoms with Gasteiger partial charge < -0.3 is 9.88 Å². The lowest BCUT2D eigenvalue weighted by atomic mass is 9.93. The molecule has 0 aliphatic carbocycles. The molecule has 1 aromatic heterocycles. The van der Waals surface area contributed by atoms with Gasteiger partial charge in [-0.05, 0) is 36.0 Å². The molecule has 3 heterocycles. The number of aromatic nitrogens is 3. The molecule has 1 unspecified atom stereocenters. The summed E-state index contributed by atoms with van der Waals surface area (Å²) in [4.78, 5) is 27.7. The Labute approximate surface area is 211 Å². The van der Waals surface area contributed by atoms with Crippen LogP contribution in [0.3, 0.4) is 0 Å². The third-order valence-corrected chi connectivity index (χ3v) is 7.00. The summed E-state index contributed by atoms with van der Waals surface area (Å²) in [5, 5.41) is 11.4. The molecule has 2 aliphatic heterocycles. The van der Waals surface area contributed by atoms with Crippen molar-refractivity contribution in [2.24, 2.45) is 0 Å². The van der Waals surface area contributed by atoms with Crippen molar-refractivity contribution in [1.82, 2.24) is 35.8 Å². The van der Waals surface area contributed by atoms with Crippen molar-refractivity contribution < 1.29 is 9.59 Å². The summed E-state index contributed by atoms with van der Waals surface area (Å²) in [6.45, 7) is 2.68. The number of rotatable bonds is 6. The molecule has 1 atom stereocenters. The fraction of sp³-hybridized carbons (Fsp3) is 0.407. The monoisotopic (exact) mass is 487 g/mol. The summed E-state index contributed by atoms with van der Waals surface area (Å²) in [6, 6.07) is 17.5. The summed E-state index contributed by atoms with van der Waals surface area (Å²) in [5.41, 5.74) is 8.69. The van der Waals surface area contributed by atoms with E-state index in [4.69, 9.17) is 0 Å². The lowest BCUT2D eigenvalue weighted by Gasteiger charge is -2.36. The van der Waals surface area contributed by atoms with Gasteiger partial charge in [-0.2, -0.15) is 0 Å². The molecule has 0 radical (unpaired) electrons. The van der Waals surface area contributed by atoms with Gasteiger partial charge in [0.1, 0.15) is 11.6 Å². The van der Waals surface area contributed by atoms with Crippen LogP contribution in [0.2, 0.25) is 0 Å². The van der Waals surface area contributed by atoms with Gasteiger partial charge in [0, 0.05) is 39.0 Å². The molecule has 2 aliphatic rings. The fourth-order valence-electron chi connectivity index (χ4n) is 5.08. The van der Waals surface area contributed by atoms with E-state index in [0.29, 0.717) is 32.5 Å². The summed E-state index contributed by atoms with van der Waals surface area (Å²) < 4.78 is 2.18. The molecule has 0 saturated carbocycles. The van der Waals surface area contributed by atoms with Crippen LogP contribution in [0.15, 0.2) is 54.6 Å². The molecule has 3 amide bonds. The van der Waals surface area contributed by atoms with Crippen LogP contribution in [0.4, 0.5) is 4.79 Å². The highest BCUT2D eigenvalue weighted by molar-refractivity contribution is 5.85. The highest BCUT2D eigenvalue weighted by Gasteiger charge is 2.31. The van der Waals surface area contributed by atoms with Crippen molar-refractivity contribution in [2.75, 3.05) is 6.54 Å². The first-order valence-electron chi connectivity index (χ1n) is 12.8. The zero-order valence-electron chi connectivity index (χ0n) is 20.4. The lowest BCUT2D eigenvalue weighted by Crippen LogP contribution is -2.55. The predicted molar refractivity (Wildman–Crippen MR) is 136 cm³/mol. The fourth-order valence-corrected chi connectivity index (χ4v) is 5.08. The number of aryl methyl sites for hydroxylation is 1. The van der Waals surface area contributed by atoms with Gasteiger partial charge in [0.15, 0.2) is 0 Å². The van der Waals surface area contributed by atoms with Crippen LogP contribution in [-0.4, -0.2) is 44.2 Å². The van der Waals surface area contributed by atoms with Crippen LogP contribution in [0.5, 0.6) is 0 Å². The van der Waals surface area contributed by atoms with Crippen molar-refractivity contribution in [2.45, 2.75) is 64.2 Å². The number of nitrogens with one attached hydrogen (secondary N) is 3. The normalized spacial score (nSPS) is 17.4. The topological polar surface area (TPSA) is 104 Å². The minimum absolute atomic E-state index is 0.224. The van der Waals surface area contributed by atoms with Crippen LogP contribution in [0.1, 0.15) is 47.6 Å². The quantitative estimate of drug-likeness (QED) is 0.464. The summed E-state index contributed by atoms with van der Waals surface area (Å²) in [5.74, 6) is 1.71. The van der Waals surface area contributed by atoms with E-state index in [1.54, 1.807) is 0 Å². The smallest absolute Gasteiger partial charge is 0.333 e. The van der Waals surface area contributed by atoms with Crippen LogP contribution < -0.4 is 16.2 Å². The first kappa shape index (κ1) is 24.0. The van der Waals surface area contributed by atoms with E-state index in [2.05, 4.69) is 60.1 Å². The molecular weight excluding hydrogens is 454 g/mol. The maximum atomic E-state index is 13.1. The number of amides is 3. The van der Waals surface area contributed by atoms with Gasteiger partial charge in [0.05, 0.1) is 6.04 Å². The molecule has 0 saturated heterocycles. The van der Waals surface area contributed by atoms with Gasteiger partial charge in [-0.25, -0.2) is 10.2 Å². The Morgan fingerprint density at radius 3 is 2.58 bits per heavy atom. The van der Waals surface area contributed by atoms with Crippen molar-refractivity contribution >= 4 is 11.9 Å². The first-order valence-corrected chi connectivity index (χ1v) is 12.8. The van der Waals surface area contributed by atoms with Crippen LogP contribution >= 0.6 is 0 Å². The molecule has 3 N–H and O–H groups in total. The number of hydrazine groups is 1. The summed E-state index contributed by atoms with van der Waals surface area (Å²) in [7, 11) is 0. The van der Waals surface area contributed by atoms with E-state index in [1.807, 2.05) is 30.3 Å². The molecule has 5 rings (SSSR count). The Kier molecular flexibility index (Phi) is 7.56. The Hall–Kier alpha value is -3.72. The maximum absolute atomic E-state index is 13.1. The minimum atomic E-state index is -0.440. The minimum Gasteiger partial charge on any atom is -0.336 e. The van der Waals surface area contributed by atoms with Gasteiger partial charge in [-0.3, -0.25) is 15.1 Å². The largest absolute Gasteiger partial charge is 0.336 e. The molecule has 36 heavy (non-hydrogen) atoms.